The summed E-state index contributed by atoms with van der Waals surface area (Å²) in [4.78, 5) is 18.0. The van der Waals surface area contributed by atoms with Gasteiger partial charge in [0, 0.05) is 22.5 Å². The lowest BCUT2D eigenvalue weighted by Gasteiger charge is -2.04. The average Bonchev–Trinajstić information content (AvgIpc) is 3.11. The molecule has 0 saturated heterocycles. The number of amides is 1. The summed E-state index contributed by atoms with van der Waals surface area (Å²) in [6.07, 6.45) is 0.438. The third-order valence-corrected chi connectivity index (χ3v) is 6.14. The number of nitrogens with zero attached hydrogens (tertiary/aromatic N) is 1. The maximum absolute atomic E-state index is 12.3. The molecule has 3 aromatic carbocycles. The number of carbonyl (C=O) groups excluding carboxylic acids is 1. The van der Waals surface area contributed by atoms with Gasteiger partial charge in [0.05, 0.1) is 17.3 Å². The summed E-state index contributed by atoms with van der Waals surface area (Å²) in [5.41, 5.74) is 0.945. The minimum Gasteiger partial charge on any atom is -0.497 e. The van der Waals surface area contributed by atoms with Crippen molar-refractivity contribution in [2.45, 2.75) is 11.3 Å². The number of hydrogen-bond acceptors (Lipinski definition) is 5. The van der Waals surface area contributed by atoms with Crippen molar-refractivity contribution in [3.63, 3.8) is 0 Å². The van der Waals surface area contributed by atoms with Crippen molar-refractivity contribution in [2.75, 3.05) is 18.2 Å². The maximum atomic E-state index is 12.3. The van der Waals surface area contributed by atoms with Crippen LogP contribution in [0, 0.1) is 0 Å². The monoisotopic (exact) mass is 394 g/mol. The second-order valence-electron chi connectivity index (χ2n) is 5.97. The standard InChI is InChI=1S/C21H18N2O2S2/c1-25-15-7-9-16(10-8-15)26-13-12-19(24)22-21-23-20-17-5-3-2-4-14(17)6-11-18(20)27-21/h2-11H,12-13H2,1H3,(H,22,23,24). The van der Waals surface area contributed by atoms with E-state index in [0.29, 0.717) is 17.3 Å². The van der Waals surface area contributed by atoms with Crippen LogP contribution in [0.15, 0.2) is 65.6 Å². The van der Waals surface area contributed by atoms with Gasteiger partial charge in [-0.25, -0.2) is 4.98 Å². The van der Waals surface area contributed by atoms with Crippen LogP contribution >= 0.6 is 23.1 Å². The summed E-state index contributed by atoms with van der Waals surface area (Å²) < 4.78 is 6.23. The molecule has 0 radical (unpaired) electrons. The number of rotatable bonds is 6. The zero-order chi connectivity index (χ0) is 18.6. The Balaban J connectivity index is 1.38. The van der Waals surface area contributed by atoms with Crippen molar-refractivity contribution in [3.8, 4) is 5.75 Å². The van der Waals surface area contributed by atoms with Crippen LogP contribution < -0.4 is 10.1 Å². The third-order valence-electron chi connectivity index (χ3n) is 4.19. The Morgan fingerprint density at radius 2 is 1.93 bits per heavy atom. The van der Waals surface area contributed by atoms with Crippen LogP contribution in [0.25, 0.3) is 21.0 Å². The van der Waals surface area contributed by atoms with E-state index >= 15 is 0 Å². The molecule has 1 amide bonds. The van der Waals surface area contributed by atoms with Crippen molar-refractivity contribution in [3.05, 3.63) is 60.7 Å². The first-order valence-corrected chi connectivity index (χ1v) is 10.4. The zero-order valence-electron chi connectivity index (χ0n) is 14.8. The highest BCUT2D eigenvalue weighted by atomic mass is 32.2. The van der Waals surface area contributed by atoms with Crippen LogP contribution in [0.2, 0.25) is 0 Å². The number of fused-ring (bicyclic) bond motifs is 3. The molecule has 6 heteroatoms. The molecular weight excluding hydrogens is 376 g/mol. The second kappa shape index (κ2) is 7.98. The van der Waals surface area contributed by atoms with Crippen LogP contribution in [-0.4, -0.2) is 23.8 Å². The number of benzene rings is 3. The number of thioether (sulfide) groups is 1. The molecule has 0 atom stereocenters. The molecule has 1 heterocycles. The van der Waals surface area contributed by atoms with Crippen molar-refractivity contribution in [2.24, 2.45) is 0 Å². The van der Waals surface area contributed by atoms with Gasteiger partial charge in [0.25, 0.3) is 0 Å². The predicted molar refractivity (Wildman–Crippen MR) is 114 cm³/mol. The number of thiazole rings is 1. The fourth-order valence-electron chi connectivity index (χ4n) is 2.83. The van der Waals surface area contributed by atoms with Crippen LogP contribution in [0.4, 0.5) is 5.13 Å². The molecule has 0 aliphatic heterocycles. The van der Waals surface area contributed by atoms with Gasteiger partial charge in [-0.1, -0.05) is 41.7 Å². The van der Waals surface area contributed by atoms with Gasteiger partial charge >= 0.3 is 0 Å². The van der Waals surface area contributed by atoms with E-state index in [1.807, 2.05) is 36.4 Å². The van der Waals surface area contributed by atoms with Gasteiger partial charge in [-0.2, -0.15) is 0 Å². The minimum absolute atomic E-state index is 0.0145. The molecule has 0 aliphatic carbocycles. The van der Waals surface area contributed by atoms with Crippen molar-refractivity contribution in [1.82, 2.24) is 4.98 Å². The minimum atomic E-state index is -0.0145. The Labute approximate surface area is 165 Å². The van der Waals surface area contributed by atoms with Gasteiger partial charge in [0.15, 0.2) is 5.13 Å². The summed E-state index contributed by atoms with van der Waals surface area (Å²) in [5.74, 6) is 1.53. The number of nitrogens with one attached hydrogen (secondary N) is 1. The molecular formula is C21H18N2O2S2. The fourth-order valence-corrected chi connectivity index (χ4v) is 4.58. The highest BCUT2D eigenvalue weighted by Gasteiger charge is 2.10. The highest BCUT2D eigenvalue weighted by molar-refractivity contribution is 7.99. The SMILES string of the molecule is COc1ccc(SCCC(=O)Nc2nc3c(ccc4ccccc43)s2)cc1. The Bertz CT molecular complexity index is 1090. The largest absolute Gasteiger partial charge is 0.497 e. The van der Waals surface area contributed by atoms with E-state index in [9.17, 15) is 4.79 Å². The fraction of sp³-hybridized carbons (Fsp3) is 0.143. The van der Waals surface area contributed by atoms with Gasteiger partial charge < -0.3 is 10.1 Å². The van der Waals surface area contributed by atoms with Gasteiger partial charge in [-0.3, -0.25) is 4.79 Å². The molecule has 1 N–H and O–H groups in total. The second-order valence-corrected chi connectivity index (χ2v) is 8.17. The topological polar surface area (TPSA) is 51.2 Å². The van der Waals surface area contributed by atoms with Crippen LogP contribution in [0.1, 0.15) is 6.42 Å². The molecule has 0 spiro atoms. The summed E-state index contributed by atoms with van der Waals surface area (Å²) in [5, 5.41) is 5.86. The summed E-state index contributed by atoms with van der Waals surface area (Å²) in [6.45, 7) is 0. The molecule has 4 aromatic rings. The van der Waals surface area contributed by atoms with E-state index in [1.165, 1.54) is 11.3 Å². The molecule has 0 bridgehead atoms. The Morgan fingerprint density at radius 1 is 1.11 bits per heavy atom. The molecule has 4 nitrogen and oxygen atoms in total. The van der Waals surface area contributed by atoms with E-state index in [4.69, 9.17) is 4.74 Å². The third kappa shape index (κ3) is 4.07. The lowest BCUT2D eigenvalue weighted by atomic mass is 10.1. The smallest absolute Gasteiger partial charge is 0.226 e. The summed E-state index contributed by atoms with van der Waals surface area (Å²) in [6, 6.07) is 20.2. The van der Waals surface area contributed by atoms with E-state index in [2.05, 4.69) is 34.6 Å². The van der Waals surface area contributed by atoms with Crippen LogP contribution in [0.3, 0.4) is 0 Å². The highest BCUT2D eigenvalue weighted by Crippen LogP contribution is 2.31. The first-order valence-electron chi connectivity index (χ1n) is 8.58. The summed E-state index contributed by atoms with van der Waals surface area (Å²) in [7, 11) is 1.65. The number of carbonyl (C=O) groups is 1. The van der Waals surface area contributed by atoms with Crippen molar-refractivity contribution >= 4 is 55.1 Å². The summed E-state index contributed by atoms with van der Waals surface area (Å²) >= 11 is 3.16. The molecule has 4 rings (SSSR count). The van der Waals surface area contributed by atoms with E-state index in [0.717, 1.165) is 31.6 Å². The van der Waals surface area contributed by atoms with Gasteiger partial charge in [-0.05, 0) is 35.7 Å². The van der Waals surface area contributed by atoms with Crippen molar-refractivity contribution < 1.29 is 9.53 Å². The van der Waals surface area contributed by atoms with Crippen LogP contribution in [-0.2, 0) is 4.79 Å². The molecule has 1 aromatic heterocycles. The molecule has 0 fully saturated rings. The molecule has 136 valence electrons. The number of methoxy groups -OCH3 is 1. The first kappa shape index (κ1) is 17.8. The van der Waals surface area contributed by atoms with E-state index in [-0.39, 0.29) is 5.91 Å². The number of aromatic nitrogens is 1. The maximum Gasteiger partial charge on any atom is 0.226 e. The zero-order valence-corrected chi connectivity index (χ0v) is 16.4. The normalized spacial score (nSPS) is 11.0. The van der Waals surface area contributed by atoms with E-state index in [1.54, 1.807) is 18.9 Å². The first-order chi connectivity index (χ1) is 13.2. The number of ether oxygens (including phenoxy) is 1. The van der Waals surface area contributed by atoms with Gasteiger partial charge in [-0.15, -0.1) is 11.8 Å². The molecule has 27 heavy (non-hydrogen) atoms. The van der Waals surface area contributed by atoms with Gasteiger partial charge in [0.1, 0.15) is 5.75 Å². The lowest BCUT2D eigenvalue weighted by molar-refractivity contribution is -0.115. The predicted octanol–water partition coefficient (Wildman–Crippen LogP) is 5.58. The molecule has 0 saturated carbocycles. The van der Waals surface area contributed by atoms with Gasteiger partial charge in [0.2, 0.25) is 5.91 Å². The lowest BCUT2D eigenvalue weighted by Crippen LogP contribution is -2.11. The van der Waals surface area contributed by atoms with Crippen LogP contribution in [0.5, 0.6) is 5.75 Å². The van der Waals surface area contributed by atoms with E-state index < -0.39 is 0 Å². The Hall–Kier alpha value is -2.57. The number of anilines is 1. The molecule has 0 unspecified atom stereocenters. The van der Waals surface area contributed by atoms with Crippen molar-refractivity contribution in [1.29, 1.82) is 0 Å². The quantitative estimate of drug-likeness (QED) is 0.434. The Kier molecular flexibility index (Phi) is 5.27. The molecule has 0 aliphatic rings. The Morgan fingerprint density at radius 3 is 2.74 bits per heavy atom. The average molecular weight is 395 g/mol. The number of hydrogen-bond donors (Lipinski definition) is 1.